The zero-order valence-electron chi connectivity index (χ0n) is 18.3. The van der Waals surface area contributed by atoms with Gasteiger partial charge in [-0.25, -0.2) is 13.2 Å². The van der Waals surface area contributed by atoms with Crippen LogP contribution in [0.1, 0.15) is 26.5 Å². The number of carbonyl (C=O) groups excluding carboxylic acids is 1. The van der Waals surface area contributed by atoms with Crippen LogP contribution in [0.15, 0.2) is 21.8 Å². The second-order valence-corrected chi connectivity index (χ2v) is 9.98. The number of ether oxygens (including phenoxy) is 1. The standard InChI is InChI=1S/C18H32N6O5S/c1-18(2,3)29-17(25)22(5)8-7-20-16(19-4)23-9-11-24(12-10-23)30(26,27)14-15-6-13-28-21-15/h6,13H,7-12,14H2,1-5H3,(H,19,20). The van der Waals surface area contributed by atoms with E-state index in [1.54, 1.807) is 20.2 Å². The molecule has 1 saturated heterocycles. The molecule has 1 amide bonds. The molecular formula is C18H32N6O5S. The number of likely N-dealkylation sites (N-methyl/N-ethyl adjacent to an activating group) is 1. The topological polar surface area (TPSA) is 121 Å². The second kappa shape index (κ2) is 10.1. The zero-order valence-corrected chi connectivity index (χ0v) is 19.1. The van der Waals surface area contributed by atoms with Gasteiger partial charge in [-0.1, -0.05) is 5.16 Å². The van der Waals surface area contributed by atoms with Crippen LogP contribution < -0.4 is 5.32 Å². The van der Waals surface area contributed by atoms with Crippen molar-refractivity contribution in [1.82, 2.24) is 24.6 Å². The van der Waals surface area contributed by atoms with E-state index in [9.17, 15) is 13.2 Å². The maximum atomic E-state index is 12.5. The van der Waals surface area contributed by atoms with E-state index in [4.69, 9.17) is 9.26 Å². The summed E-state index contributed by atoms with van der Waals surface area (Å²) in [5.74, 6) is 0.495. The molecule has 170 valence electrons. The summed E-state index contributed by atoms with van der Waals surface area (Å²) < 4.78 is 36.6. The van der Waals surface area contributed by atoms with E-state index in [-0.39, 0.29) is 11.8 Å². The molecule has 1 aromatic heterocycles. The summed E-state index contributed by atoms with van der Waals surface area (Å²) in [6.07, 6.45) is 0.976. The van der Waals surface area contributed by atoms with Crippen LogP contribution in [0.2, 0.25) is 0 Å². The minimum atomic E-state index is -3.45. The van der Waals surface area contributed by atoms with Crippen LogP contribution in [0.3, 0.4) is 0 Å². The molecular weight excluding hydrogens is 412 g/mol. The number of hydrogen-bond donors (Lipinski definition) is 1. The maximum Gasteiger partial charge on any atom is 0.410 e. The van der Waals surface area contributed by atoms with E-state index >= 15 is 0 Å². The lowest BCUT2D eigenvalue weighted by Crippen LogP contribution is -2.54. The highest BCUT2D eigenvalue weighted by Crippen LogP contribution is 2.13. The van der Waals surface area contributed by atoms with Gasteiger partial charge in [0.05, 0.1) is 5.69 Å². The summed E-state index contributed by atoms with van der Waals surface area (Å²) in [6, 6.07) is 1.55. The third kappa shape index (κ3) is 7.17. The van der Waals surface area contributed by atoms with Crippen LogP contribution >= 0.6 is 0 Å². The fourth-order valence-corrected chi connectivity index (χ4v) is 4.29. The average Bonchev–Trinajstić information content (AvgIpc) is 3.16. The van der Waals surface area contributed by atoms with Crippen molar-refractivity contribution in [2.45, 2.75) is 32.1 Å². The minimum absolute atomic E-state index is 0.173. The Morgan fingerprint density at radius 2 is 2.00 bits per heavy atom. The highest BCUT2D eigenvalue weighted by molar-refractivity contribution is 7.88. The molecule has 30 heavy (non-hydrogen) atoms. The van der Waals surface area contributed by atoms with Crippen LogP contribution in [-0.4, -0.2) is 98.7 Å². The predicted molar refractivity (Wildman–Crippen MR) is 112 cm³/mol. The van der Waals surface area contributed by atoms with Crippen LogP contribution in [0, 0.1) is 0 Å². The van der Waals surface area contributed by atoms with E-state index in [1.165, 1.54) is 15.5 Å². The lowest BCUT2D eigenvalue weighted by Gasteiger charge is -2.35. The molecule has 2 rings (SSSR count). The minimum Gasteiger partial charge on any atom is -0.444 e. The van der Waals surface area contributed by atoms with Gasteiger partial charge < -0.3 is 24.4 Å². The predicted octanol–water partition coefficient (Wildman–Crippen LogP) is 0.564. The number of carbonyl (C=O) groups is 1. The molecule has 0 atom stereocenters. The Kier molecular flexibility index (Phi) is 8.07. The van der Waals surface area contributed by atoms with E-state index in [0.717, 1.165) is 0 Å². The van der Waals surface area contributed by atoms with E-state index in [0.29, 0.717) is 50.9 Å². The molecule has 11 nitrogen and oxygen atoms in total. The van der Waals surface area contributed by atoms with E-state index in [1.807, 2.05) is 25.7 Å². The Balaban J connectivity index is 1.79. The first-order valence-electron chi connectivity index (χ1n) is 9.78. The van der Waals surface area contributed by atoms with Gasteiger partial charge in [-0.3, -0.25) is 4.99 Å². The highest BCUT2D eigenvalue weighted by Gasteiger charge is 2.29. The number of nitrogens with zero attached hydrogens (tertiary/aromatic N) is 5. The Morgan fingerprint density at radius 1 is 1.33 bits per heavy atom. The van der Waals surface area contributed by atoms with Gasteiger partial charge in [-0.05, 0) is 20.8 Å². The molecule has 1 aromatic rings. The van der Waals surface area contributed by atoms with Crippen molar-refractivity contribution in [2.75, 3.05) is 53.4 Å². The van der Waals surface area contributed by atoms with Crippen molar-refractivity contribution in [3.05, 3.63) is 18.0 Å². The SMILES string of the molecule is CN=C(NCCN(C)C(=O)OC(C)(C)C)N1CCN(S(=O)(=O)Cc2ccon2)CC1. The van der Waals surface area contributed by atoms with Crippen LogP contribution in [0.25, 0.3) is 0 Å². The molecule has 2 heterocycles. The summed E-state index contributed by atoms with van der Waals surface area (Å²) in [5.41, 5.74) is -0.147. The number of aliphatic imine (C=N–C) groups is 1. The van der Waals surface area contributed by atoms with Crippen molar-refractivity contribution in [3.8, 4) is 0 Å². The molecule has 0 aliphatic carbocycles. The molecule has 1 aliphatic rings. The van der Waals surface area contributed by atoms with Crippen LogP contribution in [0.5, 0.6) is 0 Å². The number of hydrogen-bond acceptors (Lipinski definition) is 7. The zero-order chi connectivity index (χ0) is 22.4. The van der Waals surface area contributed by atoms with Gasteiger partial charge in [-0.15, -0.1) is 0 Å². The second-order valence-electron chi connectivity index (χ2n) is 8.01. The molecule has 1 aliphatic heterocycles. The van der Waals surface area contributed by atoms with Gasteiger partial charge in [0.15, 0.2) is 5.96 Å². The van der Waals surface area contributed by atoms with Gasteiger partial charge in [-0.2, -0.15) is 4.31 Å². The third-order valence-corrected chi connectivity index (χ3v) is 6.21. The Morgan fingerprint density at radius 3 is 2.53 bits per heavy atom. The fourth-order valence-electron chi connectivity index (χ4n) is 2.87. The molecule has 0 saturated carbocycles. The molecule has 0 spiro atoms. The molecule has 0 radical (unpaired) electrons. The monoisotopic (exact) mass is 444 g/mol. The number of amides is 1. The van der Waals surface area contributed by atoms with Gasteiger partial charge in [0, 0.05) is 59.4 Å². The summed E-state index contributed by atoms with van der Waals surface area (Å²) in [7, 11) is -0.0973. The van der Waals surface area contributed by atoms with Gasteiger partial charge in [0.25, 0.3) is 0 Å². The van der Waals surface area contributed by atoms with Crippen LogP contribution in [-0.2, 0) is 20.5 Å². The van der Waals surface area contributed by atoms with Crippen molar-refractivity contribution < 1.29 is 22.5 Å². The lowest BCUT2D eigenvalue weighted by atomic mass is 10.2. The number of piperazine rings is 1. The number of rotatable bonds is 6. The molecule has 0 bridgehead atoms. The quantitative estimate of drug-likeness (QED) is 0.499. The van der Waals surface area contributed by atoms with Gasteiger partial charge >= 0.3 is 6.09 Å². The van der Waals surface area contributed by atoms with Crippen molar-refractivity contribution in [3.63, 3.8) is 0 Å². The molecule has 1 N–H and O–H groups in total. The summed E-state index contributed by atoms with van der Waals surface area (Å²) in [6.45, 7) is 8.16. The fraction of sp³-hybridized carbons (Fsp3) is 0.722. The van der Waals surface area contributed by atoms with E-state index in [2.05, 4.69) is 15.5 Å². The van der Waals surface area contributed by atoms with Crippen molar-refractivity contribution >= 4 is 22.1 Å². The number of sulfonamides is 1. The van der Waals surface area contributed by atoms with Crippen LogP contribution in [0.4, 0.5) is 4.79 Å². The third-order valence-electron chi connectivity index (χ3n) is 4.40. The Bertz CT molecular complexity index is 811. The summed E-state index contributed by atoms with van der Waals surface area (Å²) in [5, 5.41) is 6.89. The van der Waals surface area contributed by atoms with Gasteiger partial charge in [0.1, 0.15) is 17.6 Å². The summed E-state index contributed by atoms with van der Waals surface area (Å²) in [4.78, 5) is 19.8. The number of aromatic nitrogens is 1. The molecule has 0 aromatic carbocycles. The van der Waals surface area contributed by atoms with Crippen molar-refractivity contribution in [2.24, 2.45) is 4.99 Å². The number of nitrogens with one attached hydrogen (secondary N) is 1. The molecule has 0 unspecified atom stereocenters. The molecule has 1 fully saturated rings. The Hall–Kier alpha value is -2.34. The summed E-state index contributed by atoms with van der Waals surface area (Å²) >= 11 is 0. The molecule has 12 heteroatoms. The first-order chi connectivity index (χ1) is 14.0. The van der Waals surface area contributed by atoms with E-state index < -0.39 is 15.6 Å². The Labute approximate surface area is 178 Å². The highest BCUT2D eigenvalue weighted by atomic mass is 32.2. The maximum absolute atomic E-state index is 12.5. The average molecular weight is 445 g/mol. The smallest absolute Gasteiger partial charge is 0.410 e. The number of guanidine groups is 1. The first-order valence-corrected chi connectivity index (χ1v) is 11.4. The first kappa shape index (κ1) is 23.9. The normalized spacial score (nSPS) is 16.4. The van der Waals surface area contributed by atoms with Gasteiger partial charge in [0.2, 0.25) is 10.0 Å². The lowest BCUT2D eigenvalue weighted by molar-refractivity contribution is 0.0302. The largest absolute Gasteiger partial charge is 0.444 e. The van der Waals surface area contributed by atoms with Crippen molar-refractivity contribution in [1.29, 1.82) is 0 Å².